The first kappa shape index (κ1) is 8.83. The smallest absolute Gasteiger partial charge is 0.238 e. The number of hydrogen-bond donors (Lipinski definition) is 1. The molecular formula is C7H12N4OS. The Morgan fingerprint density at radius 1 is 1.69 bits per heavy atom. The van der Waals surface area contributed by atoms with Gasteiger partial charge in [-0.2, -0.15) is 5.21 Å². The summed E-state index contributed by atoms with van der Waals surface area (Å²) in [6.45, 7) is 2.55. The lowest BCUT2D eigenvalue weighted by molar-refractivity contribution is 0.0466. The molecule has 13 heavy (non-hydrogen) atoms. The summed E-state index contributed by atoms with van der Waals surface area (Å²) in [7, 11) is 0. The number of aromatic amines is 1. The van der Waals surface area contributed by atoms with Crippen LogP contribution in [0, 0.1) is 10.7 Å². The summed E-state index contributed by atoms with van der Waals surface area (Å²) < 4.78 is 7.67. The zero-order valence-corrected chi connectivity index (χ0v) is 8.09. The predicted octanol–water partition coefficient (Wildman–Crippen LogP) is 0.762. The topological polar surface area (TPSA) is 55.7 Å². The standard InChI is InChI=1S/C7H12N4OS/c13-7-8-9-10-11(7)4-6-2-1-3-12-5-6/h6H,1-5H2,(H,8,10,13). The zero-order valence-electron chi connectivity index (χ0n) is 7.27. The molecular weight excluding hydrogens is 188 g/mol. The van der Waals surface area contributed by atoms with Gasteiger partial charge in [-0.1, -0.05) is 10.3 Å². The highest BCUT2D eigenvalue weighted by Crippen LogP contribution is 2.14. The Morgan fingerprint density at radius 3 is 3.23 bits per heavy atom. The van der Waals surface area contributed by atoms with Crippen molar-refractivity contribution in [1.29, 1.82) is 0 Å². The maximum absolute atomic E-state index is 5.37. The lowest BCUT2D eigenvalue weighted by Crippen LogP contribution is -2.22. The number of nitrogens with one attached hydrogen (secondary N) is 1. The van der Waals surface area contributed by atoms with E-state index in [2.05, 4.69) is 15.5 Å². The predicted molar refractivity (Wildman–Crippen MR) is 48.7 cm³/mol. The van der Waals surface area contributed by atoms with Crippen LogP contribution >= 0.6 is 12.2 Å². The molecule has 1 N–H and O–H groups in total. The van der Waals surface area contributed by atoms with E-state index in [1.54, 1.807) is 4.68 Å². The van der Waals surface area contributed by atoms with Crippen molar-refractivity contribution in [3.05, 3.63) is 4.77 Å². The van der Waals surface area contributed by atoms with Crippen LogP contribution < -0.4 is 0 Å². The molecule has 1 aromatic rings. The Balaban J connectivity index is 1.97. The van der Waals surface area contributed by atoms with E-state index in [4.69, 9.17) is 17.0 Å². The Labute approximate surface area is 81.1 Å². The van der Waals surface area contributed by atoms with Gasteiger partial charge in [-0.25, -0.2) is 4.68 Å². The molecule has 0 spiro atoms. The Bertz CT molecular complexity index is 314. The number of H-pyrrole nitrogens is 1. The van der Waals surface area contributed by atoms with Gasteiger partial charge in [-0.15, -0.1) is 0 Å². The SMILES string of the molecule is S=c1nn[nH]n1CC1CCCOC1. The van der Waals surface area contributed by atoms with Crippen LogP contribution in [0.1, 0.15) is 12.8 Å². The van der Waals surface area contributed by atoms with Crippen LogP contribution in [0.5, 0.6) is 0 Å². The minimum atomic E-state index is 0.519. The molecule has 5 nitrogen and oxygen atoms in total. The molecule has 0 aliphatic carbocycles. The highest BCUT2D eigenvalue weighted by molar-refractivity contribution is 7.71. The molecule has 1 aromatic heterocycles. The first-order valence-electron chi connectivity index (χ1n) is 4.42. The van der Waals surface area contributed by atoms with Gasteiger partial charge in [0.05, 0.1) is 6.61 Å². The fourth-order valence-electron chi connectivity index (χ4n) is 1.54. The first-order valence-corrected chi connectivity index (χ1v) is 4.83. The summed E-state index contributed by atoms with van der Waals surface area (Å²) in [5.41, 5.74) is 0. The van der Waals surface area contributed by atoms with Gasteiger partial charge in [0.2, 0.25) is 4.77 Å². The molecule has 1 atom stereocenters. The van der Waals surface area contributed by atoms with Gasteiger partial charge >= 0.3 is 0 Å². The van der Waals surface area contributed by atoms with Gasteiger partial charge in [-0.05, 0) is 25.1 Å². The third-order valence-corrected chi connectivity index (χ3v) is 2.53. The van der Waals surface area contributed by atoms with Crippen LogP contribution in [0.4, 0.5) is 0 Å². The number of hydrogen-bond acceptors (Lipinski definition) is 4. The van der Waals surface area contributed by atoms with Gasteiger partial charge < -0.3 is 4.74 Å². The first-order chi connectivity index (χ1) is 6.36. The van der Waals surface area contributed by atoms with Crippen LogP contribution in [-0.4, -0.2) is 33.4 Å². The molecule has 0 radical (unpaired) electrons. The van der Waals surface area contributed by atoms with Crippen molar-refractivity contribution in [2.75, 3.05) is 13.2 Å². The molecule has 1 aliphatic rings. The minimum Gasteiger partial charge on any atom is -0.381 e. The summed E-state index contributed by atoms with van der Waals surface area (Å²) in [6, 6.07) is 0. The average molecular weight is 200 g/mol. The van der Waals surface area contributed by atoms with Crippen LogP contribution in [-0.2, 0) is 11.3 Å². The monoisotopic (exact) mass is 200 g/mol. The van der Waals surface area contributed by atoms with Crippen molar-refractivity contribution < 1.29 is 4.74 Å². The molecule has 72 valence electrons. The molecule has 1 saturated heterocycles. The number of rotatable bonds is 2. The summed E-state index contributed by atoms with van der Waals surface area (Å²) in [6.07, 6.45) is 2.33. The molecule has 0 aromatic carbocycles. The lowest BCUT2D eigenvalue weighted by Gasteiger charge is -2.21. The lowest BCUT2D eigenvalue weighted by atomic mass is 10.0. The molecule has 1 unspecified atom stereocenters. The maximum atomic E-state index is 5.37. The second-order valence-electron chi connectivity index (χ2n) is 3.28. The zero-order chi connectivity index (χ0) is 9.10. The van der Waals surface area contributed by atoms with E-state index in [0.717, 1.165) is 26.2 Å². The van der Waals surface area contributed by atoms with E-state index in [1.165, 1.54) is 6.42 Å². The van der Waals surface area contributed by atoms with Gasteiger partial charge in [0.25, 0.3) is 0 Å². The van der Waals surface area contributed by atoms with Crippen molar-refractivity contribution in [3.63, 3.8) is 0 Å². The van der Waals surface area contributed by atoms with Crippen LogP contribution in [0.15, 0.2) is 0 Å². The van der Waals surface area contributed by atoms with E-state index in [1.807, 2.05) is 0 Å². The van der Waals surface area contributed by atoms with E-state index < -0.39 is 0 Å². The third-order valence-electron chi connectivity index (χ3n) is 2.23. The molecule has 2 heterocycles. The molecule has 0 saturated carbocycles. The number of aromatic nitrogens is 4. The van der Waals surface area contributed by atoms with E-state index in [-0.39, 0.29) is 0 Å². The van der Waals surface area contributed by atoms with Gasteiger partial charge in [0.1, 0.15) is 0 Å². The molecule has 0 amide bonds. The third kappa shape index (κ3) is 2.13. The second-order valence-corrected chi connectivity index (χ2v) is 3.64. The largest absolute Gasteiger partial charge is 0.381 e. The van der Waals surface area contributed by atoms with Crippen LogP contribution in [0.3, 0.4) is 0 Å². The normalized spacial score (nSPS) is 23.2. The van der Waals surface area contributed by atoms with Crippen molar-refractivity contribution in [2.24, 2.45) is 5.92 Å². The summed E-state index contributed by atoms with van der Waals surface area (Å²) in [5, 5.41) is 10.1. The highest BCUT2D eigenvalue weighted by Gasteiger charge is 2.14. The maximum Gasteiger partial charge on any atom is 0.238 e. The van der Waals surface area contributed by atoms with Crippen LogP contribution in [0.25, 0.3) is 0 Å². The quantitative estimate of drug-likeness (QED) is 0.716. The molecule has 1 aliphatic heterocycles. The van der Waals surface area contributed by atoms with Crippen molar-refractivity contribution in [3.8, 4) is 0 Å². The van der Waals surface area contributed by atoms with E-state index in [9.17, 15) is 0 Å². The van der Waals surface area contributed by atoms with E-state index in [0.29, 0.717) is 10.7 Å². The van der Waals surface area contributed by atoms with Gasteiger partial charge in [-0.3, -0.25) is 0 Å². The number of tetrazole rings is 1. The molecule has 0 bridgehead atoms. The van der Waals surface area contributed by atoms with Crippen molar-refractivity contribution in [2.45, 2.75) is 19.4 Å². The summed E-state index contributed by atoms with van der Waals surface area (Å²) in [5.74, 6) is 0.544. The minimum absolute atomic E-state index is 0.519. The summed E-state index contributed by atoms with van der Waals surface area (Å²) >= 11 is 4.97. The Hall–Kier alpha value is -0.750. The highest BCUT2D eigenvalue weighted by atomic mass is 32.1. The fraction of sp³-hybridized carbons (Fsp3) is 0.857. The van der Waals surface area contributed by atoms with Gasteiger partial charge in [0.15, 0.2) is 0 Å². The second kappa shape index (κ2) is 3.97. The Kier molecular flexibility index (Phi) is 2.70. The van der Waals surface area contributed by atoms with E-state index >= 15 is 0 Å². The average Bonchev–Trinajstić information content (AvgIpc) is 2.54. The van der Waals surface area contributed by atoms with Crippen LogP contribution in [0.2, 0.25) is 0 Å². The Morgan fingerprint density at radius 2 is 2.62 bits per heavy atom. The number of ether oxygens (including phenoxy) is 1. The molecule has 1 fully saturated rings. The summed E-state index contributed by atoms with van der Waals surface area (Å²) in [4.78, 5) is 0. The molecule has 6 heteroatoms. The number of nitrogens with zero attached hydrogens (tertiary/aromatic N) is 3. The van der Waals surface area contributed by atoms with Gasteiger partial charge in [0, 0.05) is 19.1 Å². The fourth-order valence-corrected chi connectivity index (χ4v) is 1.70. The van der Waals surface area contributed by atoms with Crippen molar-refractivity contribution in [1.82, 2.24) is 20.2 Å². The van der Waals surface area contributed by atoms with Crippen molar-refractivity contribution >= 4 is 12.2 Å². The molecule has 2 rings (SSSR count).